The highest BCUT2D eigenvalue weighted by molar-refractivity contribution is 6.06. The van der Waals surface area contributed by atoms with Crippen LogP contribution in [-0.2, 0) is 9.59 Å². The maximum absolute atomic E-state index is 12.8. The molecule has 26 heavy (non-hydrogen) atoms. The lowest BCUT2D eigenvalue weighted by Gasteiger charge is -2.37. The molecular weight excluding hydrogens is 334 g/mol. The van der Waals surface area contributed by atoms with E-state index in [0.717, 1.165) is 11.4 Å². The van der Waals surface area contributed by atoms with Gasteiger partial charge in [-0.15, -0.1) is 0 Å². The summed E-state index contributed by atoms with van der Waals surface area (Å²) in [7, 11) is 0. The molecule has 1 aromatic carbocycles. The molecule has 2 amide bonds. The van der Waals surface area contributed by atoms with E-state index in [1.165, 1.54) is 12.3 Å². The third kappa shape index (κ3) is 1.97. The summed E-state index contributed by atoms with van der Waals surface area (Å²) in [5, 5.41) is 16.1. The second-order valence-electron chi connectivity index (χ2n) is 7.69. The second-order valence-corrected chi connectivity index (χ2v) is 7.69. The Labute approximate surface area is 149 Å². The Hall–Kier alpha value is -2.83. The van der Waals surface area contributed by atoms with Crippen molar-refractivity contribution in [2.75, 3.05) is 0 Å². The zero-order valence-corrected chi connectivity index (χ0v) is 14.1. The first-order valence-electron chi connectivity index (χ1n) is 8.82. The van der Waals surface area contributed by atoms with Crippen LogP contribution in [0.25, 0.3) is 0 Å². The Morgan fingerprint density at radius 1 is 1.15 bits per heavy atom. The molecule has 0 spiro atoms. The van der Waals surface area contributed by atoms with E-state index in [1.807, 2.05) is 0 Å². The number of rotatable bonds is 3. The summed E-state index contributed by atoms with van der Waals surface area (Å²) >= 11 is 0. The smallest absolute Gasteiger partial charge is 0.272 e. The minimum absolute atomic E-state index is 0.0102. The molecule has 3 fully saturated rings. The van der Waals surface area contributed by atoms with Crippen LogP contribution in [0.2, 0.25) is 0 Å². The Bertz CT molecular complexity index is 885. The molecule has 2 saturated carbocycles. The molecule has 2 bridgehead atoms. The first-order valence-corrected chi connectivity index (χ1v) is 8.82. The average Bonchev–Trinajstić information content (AvgIpc) is 3.40. The molecule has 4 aliphatic carbocycles. The molecule has 1 heterocycles. The number of nitrogens with zero attached hydrogens (tertiary/aromatic N) is 3. The van der Waals surface area contributed by atoms with Crippen molar-refractivity contribution in [1.82, 2.24) is 5.01 Å². The number of amides is 2. The number of benzene rings is 1. The standard InChI is InChI=1S/C19H17N3O4/c1-9-2-3-10(6-15(9)22(25)26)8-20-21-18(23)16-11-4-5-12(14-7-13(11)14)17(16)19(21)24/h2-6,8,11-14,16-17H,7H2,1H3/b20-8-/t11-,12-,13-,14+,16+,17+/m0/s1. The van der Waals surface area contributed by atoms with Crippen LogP contribution in [-0.4, -0.2) is 28.0 Å². The fourth-order valence-corrected chi connectivity index (χ4v) is 5.08. The van der Waals surface area contributed by atoms with E-state index in [2.05, 4.69) is 17.3 Å². The van der Waals surface area contributed by atoms with Crippen molar-refractivity contribution in [2.24, 2.45) is 40.6 Å². The Balaban J connectivity index is 1.43. The molecule has 7 heteroatoms. The van der Waals surface area contributed by atoms with Crippen LogP contribution in [0, 0.1) is 52.5 Å². The summed E-state index contributed by atoms with van der Waals surface area (Å²) in [5.41, 5.74) is 1.03. The number of imide groups is 1. The van der Waals surface area contributed by atoms with E-state index >= 15 is 0 Å². The number of nitro benzene ring substituents is 1. The van der Waals surface area contributed by atoms with Crippen LogP contribution in [0.1, 0.15) is 17.5 Å². The van der Waals surface area contributed by atoms with Gasteiger partial charge in [-0.1, -0.05) is 24.3 Å². The highest BCUT2D eigenvalue weighted by atomic mass is 16.6. The average molecular weight is 351 g/mol. The number of carbonyl (C=O) groups excluding carboxylic acids is 2. The van der Waals surface area contributed by atoms with Gasteiger partial charge in [0.1, 0.15) is 0 Å². The Morgan fingerprint density at radius 2 is 1.77 bits per heavy atom. The number of hydrazone groups is 1. The van der Waals surface area contributed by atoms with Crippen molar-refractivity contribution in [3.8, 4) is 0 Å². The molecule has 6 atom stereocenters. The minimum atomic E-state index is -0.455. The van der Waals surface area contributed by atoms with Gasteiger partial charge in [0.2, 0.25) is 0 Å². The van der Waals surface area contributed by atoms with E-state index < -0.39 is 4.92 Å². The summed E-state index contributed by atoms with van der Waals surface area (Å²) < 4.78 is 0. The van der Waals surface area contributed by atoms with Crippen LogP contribution in [0.3, 0.4) is 0 Å². The Morgan fingerprint density at radius 3 is 2.35 bits per heavy atom. The van der Waals surface area contributed by atoms with E-state index in [0.29, 0.717) is 23.0 Å². The SMILES string of the molecule is Cc1ccc(/C=N\N2C(=O)[C@@H]3[C@H]4C=C[C@@H]([C@@H]5C[C@H]45)[C@H]3C2=O)cc1[N+](=O)[O-]. The zero-order chi connectivity index (χ0) is 18.2. The van der Waals surface area contributed by atoms with Crippen LogP contribution < -0.4 is 0 Å². The van der Waals surface area contributed by atoms with E-state index in [9.17, 15) is 19.7 Å². The van der Waals surface area contributed by atoms with Gasteiger partial charge in [-0.05, 0) is 37.0 Å². The molecule has 132 valence electrons. The zero-order valence-electron chi connectivity index (χ0n) is 14.1. The van der Waals surface area contributed by atoms with Gasteiger partial charge in [0.25, 0.3) is 17.5 Å². The van der Waals surface area contributed by atoms with Crippen LogP contribution in [0.4, 0.5) is 5.69 Å². The van der Waals surface area contributed by atoms with Crippen LogP contribution in [0.15, 0.2) is 35.5 Å². The lowest BCUT2D eigenvalue weighted by molar-refractivity contribution is -0.385. The maximum Gasteiger partial charge on any atom is 0.272 e. The molecule has 0 aromatic heterocycles. The van der Waals surface area contributed by atoms with Gasteiger partial charge >= 0.3 is 0 Å². The van der Waals surface area contributed by atoms with Gasteiger partial charge in [0.05, 0.1) is 23.0 Å². The van der Waals surface area contributed by atoms with E-state index in [1.54, 1.807) is 19.1 Å². The van der Waals surface area contributed by atoms with Gasteiger partial charge in [-0.25, -0.2) is 0 Å². The third-order valence-electron chi connectivity index (χ3n) is 6.39. The predicted octanol–water partition coefficient (Wildman–Crippen LogP) is 2.29. The molecule has 0 N–H and O–H groups in total. The van der Waals surface area contributed by atoms with Crippen molar-refractivity contribution < 1.29 is 14.5 Å². The van der Waals surface area contributed by atoms with Gasteiger partial charge in [0, 0.05) is 17.2 Å². The van der Waals surface area contributed by atoms with Crippen LogP contribution >= 0.6 is 0 Å². The highest BCUT2D eigenvalue weighted by Gasteiger charge is 2.67. The number of nitro groups is 1. The second kappa shape index (κ2) is 5.09. The maximum atomic E-state index is 12.8. The molecular formula is C19H17N3O4. The van der Waals surface area contributed by atoms with Crippen molar-refractivity contribution in [2.45, 2.75) is 13.3 Å². The summed E-state index contributed by atoms with van der Waals surface area (Å²) in [6.45, 7) is 1.66. The largest absolute Gasteiger partial charge is 0.272 e. The molecule has 1 aromatic rings. The van der Waals surface area contributed by atoms with Gasteiger partial charge in [-0.2, -0.15) is 10.1 Å². The lowest BCUT2D eigenvalue weighted by atomic mass is 9.63. The van der Waals surface area contributed by atoms with Crippen molar-refractivity contribution in [3.05, 3.63) is 51.6 Å². The molecule has 7 nitrogen and oxygen atoms in total. The van der Waals surface area contributed by atoms with Crippen molar-refractivity contribution >= 4 is 23.7 Å². The predicted molar refractivity (Wildman–Crippen MR) is 92.0 cm³/mol. The number of hydrogen-bond donors (Lipinski definition) is 0. The minimum Gasteiger partial charge on any atom is -0.272 e. The van der Waals surface area contributed by atoms with Crippen LogP contribution in [0.5, 0.6) is 0 Å². The fraction of sp³-hybridized carbons (Fsp3) is 0.421. The molecule has 1 saturated heterocycles. The first kappa shape index (κ1) is 15.4. The highest BCUT2D eigenvalue weighted by Crippen LogP contribution is 2.65. The first-order chi connectivity index (χ1) is 12.5. The molecule has 1 aliphatic heterocycles. The number of aryl methyl sites for hydroxylation is 1. The normalized spacial score (nSPS) is 36.6. The summed E-state index contributed by atoms with van der Waals surface area (Å²) in [5.74, 6) is 0.374. The quantitative estimate of drug-likeness (QED) is 0.275. The van der Waals surface area contributed by atoms with Gasteiger partial charge in [0.15, 0.2) is 0 Å². The summed E-state index contributed by atoms with van der Waals surface area (Å²) in [4.78, 5) is 36.2. The molecule has 0 unspecified atom stereocenters. The summed E-state index contributed by atoms with van der Waals surface area (Å²) in [6, 6.07) is 4.71. The topological polar surface area (TPSA) is 92.9 Å². The van der Waals surface area contributed by atoms with Gasteiger partial charge < -0.3 is 0 Å². The van der Waals surface area contributed by atoms with Gasteiger partial charge in [-0.3, -0.25) is 19.7 Å². The summed E-state index contributed by atoms with van der Waals surface area (Å²) in [6.07, 6.45) is 6.70. The lowest BCUT2D eigenvalue weighted by Crippen LogP contribution is -2.40. The fourth-order valence-electron chi connectivity index (χ4n) is 5.08. The van der Waals surface area contributed by atoms with E-state index in [-0.39, 0.29) is 41.2 Å². The Kier molecular flexibility index (Phi) is 3.02. The van der Waals surface area contributed by atoms with E-state index in [4.69, 9.17) is 0 Å². The van der Waals surface area contributed by atoms with Crippen molar-refractivity contribution in [1.29, 1.82) is 0 Å². The number of carbonyl (C=O) groups is 2. The molecule has 5 aliphatic rings. The molecule has 6 rings (SSSR count). The molecule has 0 radical (unpaired) electrons. The van der Waals surface area contributed by atoms with Crippen molar-refractivity contribution in [3.63, 3.8) is 0 Å². The third-order valence-corrected chi connectivity index (χ3v) is 6.39. The monoisotopic (exact) mass is 351 g/mol. The number of allylic oxidation sites excluding steroid dienone is 2. The number of hydrogen-bond acceptors (Lipinski definition) is 5.